The molecule has 0 aliphatic carbocycles. The maximum atomic E-state index is 3.33. The molecule has 0 amide bonds. The van der Waals surface area contributed by atoms with E-state index in [1.165, 1.54) is 37.3 Å². The molecule has 0 saturated carbocycles. The number of hydrogen-bond acceptors (Lipinski definition) is 1. The predicted molar refractivity (Wildman–Crippen MR) is 62.6 cm³/mol. The smallest absolute Gasteiger partial charge is 0.248 e. The summed E-state index contributed by atoms with van der Waals surface area (Å²) in [5.41, 5.74) is 0. The Balaban J connectivity index is 2.37. The zero-order valence-corrected chi connectivity index (χ0v) is 10.1. The summed E-state index contributed by atoms with van der Waals surface area (Å²) in [6.07, 6.45) is 11.5. The third-order valence-electron chi connectivity index (χ3n) is 2.40. The van der Waals surface area contributed by atoms with Crippen molar-refractivity contribution in [3.63, 3.8) is 0 Å². The summed E-state index contributed by atoms with van der Waals surface area (Å²) in [6, 6.07) is 0. The third-order valence-corrected chi connectivity index (χ3v) is 3.00. The van der Waals surface area contributed by atoms with E-state index in [0.717, 1.165) is 6.54 Å². The van der Waals surface area contributed by atoms with Crippen LogP contribution in [0.15, 0.2) is 12.4 Å². The molecule has 0 saturated heterocycles. The average Bonchev–Trinajstić information content (AvgIpc) is 2.63. The molecule has 0 aliphatic rings. The van der Waals surface area contributed by atoms with Crippen LogP contribution in [0.4, 0.5) is 0 Å². The lowest BCUT2D eigenvalue weighted by Gasteiger charge is -1.99. The fourth-order valence-electron chi connectivity index (χ4n) is 1.55. The van der Waals surface area contributed by atoms with Crippen molar-refractivity contribution in [1.29, 1.82) is 0 Å². The summed E-state index contributed by atoms with van der Waals surface area (Å²) in [6.45, 7) is 3.38. The molecule has 0 unspecified atom stereocenters. The van der Waals surface area contributed by atoms with Crippen molar-refractivity contribution in [2.75, 3.05) is 12.0 Å². The maximum Gasteiger partial charge on any atom is 0.254 e. The Labute approximate surface area is 91.1 Å². The van der Waals surface area contributed by atoms with Gasteiger partial charge in [0, 0.05) is 12.2 Å². The normalized spacial score (nSPS) is 10.7. The van der Waals surface area contributed by atoms with Crippen molar-refractivity contribution in [3.05, 3.63) is 18.2 Å². The highest BCUT2D eigenvalue weighted by molar-refractivity contribution is 7.98. The number of unbranched alkanes of at least 4 members (excludes halogenated alkanes) is 2. The van der Waals surface area contributed by atoms with Crippen LogP contribution in [0, 0.1) is 0 Å². The number of thioether (sulfide) groups is 1. The standard InChI is InChI=1S/C11H20N2S/c1-3-4-5-6-11-12-7-8-13(11)9-10-14-2/h7-8H,3-6,9-10H2,1-2H3/p+1. The molecular weight excluding hydrogens is 192 g/mol. The number of H-pyrrole nitrogens is 1. The topological polar surface area (TPSA) is 19.7 Å². The van der Waals surface area contributed by atoms with Crippen LogP contribution in [0.25, 0.3) is 0 Å². The molecule has 0 spiro atoms. The highest BCUT2D eigenvalue weighted by atomic mass is 32.2. The van der Waals surface area contributed by atoms with E-state index in [2.05, 4.69) is 28.9 Å². The Hall–Kier alpha value is -0.440. The molecule has 1 aromatic heterocycles. The Bertz CT molecular complexity index is 245. The fraction of sp³-hybridized carbons (Fsp3) is 0.727. The van der Waals surface area contributed by atoms with Crippen LogP contribution in [0.1, 0.15) is 32.0 Å². The highest BCUT2D eigenvalue weighted by Crippen LogP contribution is 2.00. The van der Waals surface area contributed by atoms with Crippen LogP contribution in [-0.2, 0) is 13.0 Å². The van der Waals surface area contributed by atoms with Gasteiger partial charge >= 0.3 is 0 Å². The van der Waals surface area contributed by atoms with Crippen LogP contribution in [0.2, 0.25) is 0 Å². The average molecular weight is 213 g/mol. The predicted octanol–water partition coefficient (Wildman–Crippen LogP) is 2.40. The number of nitrogens with one attached hydrogen (secondary N) is 1. The first-order valence-electron chi connectivity index (χ1n) is 5.43. The highest BCUT2D eigenvalue weighted by Gasteiger charge is 2.08. The Kier molecular flexibility index (Phi) is 5.76. The van der Waals surface area contributed by atoms with Crippen molar-refractivity contribution in [2.24, 2.45) is 0 Å². The Morgan fingerprint density at radius 2 is 2.29 bits per heavy atom. The van der Waals surface area contributed by atoms with Crippen molar-refractivity contribution < 1.29 is 4.57 Å². The van der Waals surface area contributed by atoms with Crippen molar-refractivity contribution >= 4 is 11.8 Å². The van der Waals surface area contributed by atoms with Crippen LogP contribution >= 0.6 is 11.8 Å². The first-order valence-corrected chi connectivity index (χ1v) is 6.82. The van der Waals surface area contributed by atoms with Crippen LogP contribution in [0.5, 0.6) is 0 Å². The van der Waals surface area contributed by atoms with Gasteiger partial charge in [-0.1, -0.05) is 19.8 Å². The van der Waals surface area contributed by atoms with Gasteiger partial charge in [-0.25, -0.2) is 9.55 Å². The second-order valence-corrected chi connectivity index (χ2v) is 4.54. The first-order chi connectivity index (χ1) is 6.88. The van der Waals surface area contributed by atoms with Crippen LogP contribution in [0.3, 0.4) is 0 Å². The molecule has 0 bridgehead atoms. The number of aryl methyl sites for hydroxylation is 2. The minimum Gasteiger partial charge on any atom is -0.248 e. The van der Waals surface area contributed by atoms with Crippen molar-refractivity contribution in [2.45, 2.75) is 39.2 Å². The largest absolute Gasteiger partial charge is 0.254 e. The van der Waals surface area contributed by atoms with E-state index in [1.807, 2.05) is 18.0 Å². The molecule has 3 heteroatoms. The van der Waals surface area contributed by atoms with Gasteiger partial charge < -0.3 is 0 Å². The minimum atomic E-state index is 1.13. The molecule has 14 heavy (non-hydrogen) atoms. The summed E-state index contributed by atoms with van der Waals surface area (Å²) in [5.74, 6) is 2.58. The molecule has 0 aliphatic heterocycles. The van der Waals surface area contributed by atoms with E-state index in [0.29, 0.717) is 0 Å². The van der Waals surface area contributed by atoms with Gasteiger partial charge in [-0.3, -0.25) is 0 Å². The van der Waals surface area contributed by atoms with Gasteiger partial charge in [0.25, 0.3) is 5.82 Å². The Morgan fingerprint density at radius 1 is 1.43 bits per heavy atom. The lowest BCUT2D eigenvalue weighted by atomic mass is 10.2. The minimum absolute atomic E-state index is 1.13. The summed E-state index contributed by atoms with van der Waals surface area (Å²) < 4.78 is 2.34. The van der Waals surface area contributed by atoms with Gasteiger partial charge in [0.15, 0.2) is 0 Å². The fourth-order valence-corrected chi connectivity index (χ4v) is 1.93. The number of nitrogens with zero attached hydrogens (tertiary/aromatic N) is 1. The SMILES string of the molecule is CCCCCc1[nH]cc[n+]1CCSC. The van der Waals surface area contributed by atoms with Gasteiger partial charge in [0.2, 0.25) is 0 Å². The number of rotatable bonds is 7. The van der Waals surface area contributed by atoms with Crippen LogP contribution < -0.4 is 4.57 Å². The molecule has 0 aromatic carbocycles. The van der Waals surface area contributed by atoms with Gasteiger partial charge in [-0.2, -0.15) is 11.8 Å². The second-order valence-electron chi connectivity index (χ2n) is 3.55. The number of aromatic amines is 1. The van der Waals surface area contributed by atoms with Gasteiger partial charge in [-0.15, -0.1) is 0 Å². The molecule has 1 N–H and O–H groups in total. The molecule has 0 radical (unpaired) electrons. The summed E-state index contributed by atoms with van der Waals surface area (Å²) in [4.78, 5) is 3.33. The molecule has 2 nitrogen and oxygen atoms in total. The van der Waals surface area contributed by atoms with E-state index < -0.39 is 0 Å². The van der Waals surface area contributed by atoms with Crippen molar-refractivity contribution in [3.8, 4) is 0 Å². The van der Waals surface area contributed by atoms with Crippen molar-refractivity contribution in [1.82, 2.24) is 4.98 Å². The van der Waals surface area contributed by atoms with Gasteiger partial charge in [0.05, 0.1) is 6.54 Å². The van der Waals surface area contributed by atoms with E-state index in [4.69, 9.17) is 0 Å². The molecule has 0 atom stereocenters. The Morgan fingerprint density at radius 3 is 3.00 bits per heavy atom. The maximum absolute atomic E-state index is 3.33. The van der Waals surface area contributed by atoms with Crippen LogP contribution in [-0.4, -0.2) is 17.0 Å². The van der Waals surface area contributed by atoms with Gasteiger partial charge in [0.1, 0.15) is 12.4 Å². The lowest BCUT2D eigenvalue weighted by molar-refractivity contribution is -0.698. The zero-order valence-electron chi connectivity index (χ0n) is 9.25. The van der Waals surface area contributed by atoms with E-state index in [-0.39, 0.29) is 0 Å². The van der Waals surface area contributed by atoms with Gasteiger partial charge in [-0.05, 0) is 12.7 Å². The zero-order chi connectivity index (χ0) is 10.2. The number of aromatic nitrogens is 2. The summed E-state index contributed by atoms with van der Waals surface area (Å²) in [5, 5.41) is 0. The third kappa shape index (κ3) is 3.74. The molecule has 1 rings (SSSR count). The monoisotopic (exact) mass is 213 g/mol. The molecule has 1 heterocycles. The summed E-state index contributed by atoms with van der Waals surface area (Å²) in [7, 11) is 0. The second kappa shape index (κ2) is 6.93. The molecule has 0 fully saturated rings. The molecular formula is C11H21N2S+. The van der Waals surface area contributed by atoms with E-state index in [1.54, 1.807) is 0 Å². The lowest BCUT2D eigenvalue weighted by Crippen LogP contribution is -2.37. The summed E-state index contributed by atoms with van der Waals surface area (Å²) >= 11 is 1.90. The molecule has 1 aromatic rings. The van der Waals surface area contributed by atoms with E-state index >= 15 is 0 Å². The number of hydrogen-bond donors (Lipinski definition) is 1. The van der Waals surface area contributed by atoms with E-state index in [9.17, 15) is 0 Å². The number of imidazole rings is 1. The first kappa shape index (κ1) is 11.6. The quantitative estimate of drug-likeness (QED) is 0.544. The molecule has 80 valence electrons.